The molecule has 8 heteroatoms. The summed E-state index contributed by atoms with van der Waals surface area (Å²) in [6.07, 6.45) is 2.56. The fourth-order valence-electron chi connectivity index (χ4n) is 3.92. The number of carbonyl (C=O) groups excluding carboxylic acids is 1. The lowest BCUT2D eigenvalue weighted by atomic mass is 9.74. The molecule has 0 spiro atoms. The summed E-state index contributed by atoms with van der Waals surface area (Å²) in [5.74, 6) is -0.889. The number of anilines is 1. The number of nitrogens with zero attached hydrogens (tertiary/aromatic N) is 1. The van der Waals surface area contributed by atoms with Crippen molar-refractivity contribution in [1.29, 1.82) is 0 Å². The van der Waals surface area contributed by atoms with Crippen LogP contribution in [0.5, 0.6) is 0 Å². The zero-order valence-electron chi connectivity index (χ0n) is 17.2. The van der Waals surface area contributed by atoms with Gasteiger partial charge in [0.2, 0.25) is 15.9 Å². The van der Waals surface area contributed by atoms with Gasteiger partial charge >= 0.3 is 0 Å². The molecule has 0 saturated carbocycles. The van der Waals surface area contributed by atoms with Crippen LogP contribution in [0, 0.1) is 5.82 Å². The number of hydrogen-bond acceptors (Lipinski definition) is 4. The number of sulfonamides is 1. The van der Waals surface area contributed by atoms with E-state index in [0.717, 1.165) is 29.0 Å². The van der Waals surface area contributed by atoms with Crippen LogP contribution >= 0.6 is 0 Å². The van der Waals surface area contributed by atoms with Crippen molar-refractivity contribution in [2.45, 2.75) is 31.2 Å². The molecule has 1 aliphatic heterocycles. The highest BCUT2D eigenvalue weighted by atomic mass is 32.2. The molecule has 1 unspecified atom stereocenters. The summed E-state index contributed by atoms with van der Waals surface area (Å²) < 4.78 is 44.6. The first-order chi connectivity index (χ1) is 14.2. The molecular formula is C22H27FN2O4S. The topological polar surface area (TPSA) is 75.7 Å². The van der Waals surface area contributed by atoms with Gasteiger partial charge in [-0.1, -0.05) is 30.3 Å². The van der Waals surface area contributed by atoms with E-state index in [4.69, 9.17) is 4.74 Å². The Hall–Kier alpha value is -2.45. The molecule has 1 amide bonds. The molecule has 2 aromatic rings. The Kier molecular flexibility index (Phi) is 6.77. The molecule has 0 aliphatic carbocycles. The minimum Gasteiger partial charge on any atom is -0.381 e. The summed E-state index contributed by atoms with van der Waals surface area (Å²) >= 11 is 0. The van der Waals surface area contributed by atoms with Crippen LogP contribution in [0.15, 0.2) is 54.6 Å². The smallest absolute Gasteiger partial charge is 0.243 e. The van der Waals surface area contributed by atoms with Gasteiger partial charge in [0.15, 0.2) is 0 Å². The number of benzene rings is 2. The summed E-state index contributed by atoms with van der Waals surface area (Å²) in [5, 5.41) is 2.95. The second kappa shape index (κ2) is 9.14. The third-order valence-corrected chi connectivity index (χ3v) is 6.85. The molecule has 0 aromatic heterocycles. The molecule has 30 heavy (non-hydrogen) atoms. The Morgan fingerprint density at radius 2 is 1.73 bits per heavy atom. The lowest BCUT2D eigenvalue weighted by Crippen LogP contribution is -2.51. The van der Waals surface area contributed by atoms with Crippen LogP contribution < -0.4 is 9.62 Å². The monoisotopic (exact) mass is 434 g/mol. The van der Waals surface area contributed by atoms with Crippen molar-refractivity contribution in [2.24, 2.45) is 0 Å². The maximum atomic E-state index is 13.3. The molecule has 1 saturated heterocycles. The first-order valence-electron chi connectivity index (χ1n) is 9.89. The van der Waals surface area contributed by atoms with Crippen molar-refractivity contribution in [3.63, 3.8) is 0 Å². The fraction of sp³-hybridized carbons (Fsp3) is 0.409. The van der Waals surface area contributed by atoms with E-state index in [1.807, 2.05) is 30.3 Å². The Labute approximate surface area is 177 Å². The Morgan fingerprint density at radius 3 is 2.30 bits per heavy atom. The number of rotatable bonds is 7. The van der Waals surface area contributed by atoms with Gasteiger partial charge in [-0.05, 0) is 49.6 Å². The third-order valence-electron chi connectivity index (χ3n) is 5.61. The normalized spacial score (nSPS) is 17.2. The van der Waals surface area contributed by atoms with Gasteiger partial charge in [0.1, 0.15) is 11.9 Å². The average Bonchev–Trinajstić information content (AvgIpc) is 2.74. The van der Waals surface area contributed by atoms with Crippen molar-refractivity contribution in [1.82, 2.24) is 5.32 Å². The van der Waals surface area contributed by atoms with E-state index in [-0.39, 0.29) is 11.1 Å². The first kappa shape index (κ1) is 22.2. The molecule has 3 rings (SSSR count). The van der Waals surface area contributed by atoms with Crippen molar-refractivity contribution in [2.75, 3.05) is 30.3 Å². The van der Waals surface area contributed by atoms with Gasteiger partial charge in [0.25, 0.3) is 0 Å². The summed E-state index contributed by atoms with van der Waals surface area (Å²) in [7, 11) is -3.76. The highest BCUT2D eigenvalue weighted by Crippen LogP contribution is 2.34. The summed E-state index contributed by atoms with van der Waals surface area (Å²) in [4.78, 5) is 13.0. The van der Waals surface area contributed by atoms with E-state index in [9.17, 15) is 17.6 Å². The van der Waals surface area contributed by atoms with Crippen LogP contribution in [-0.2, 0) is 25.0 Å². The highest BCUT2D eigenvalue weighted by Gasteiger charge is 2.36. The van der Waals surface area contributed by atoms with E-state index in [1.54, 1.807) is 0 Å². The van der Waals surface area contributed by atoms with Crippen molar-refractivity contribution < 1.29 is 22.3 Å². The van der Waals surface area contributed by atoms with E-state index in [2.05, 4.69) is 5.32 Å². The number of ether oxygens (including phenoxy) is 1. The molecule has 1 aliphatic rings. The molecule has 2 aromatic carbocycles. The lowest BCUT2D eigenvalue weighted by Gasteiger charge is -2.38. The number of amides is 1. The van der Waals surface area contributed by atoms with Gasteiger partial charge in [0, 0.05) is 25.2 Å². The van der Waals surface area contributed by atoms with Gasteiger partial charge in [-0.25, -0.2) is 12.8 Å². The largest absolute Gasteiger partial charge is 0.381 e. The van der Waals surface area contributed by atoms with Gasteiger partial charge in [-0.2, -0.15) is 0 Å². The van der Waals surface area contributed by atoms with E-state index >= 15 is 0 Å². The van der Waals surface area contributed by atoms with Crippen molar-refractivity contribution >= 4 is 21.6 Å². The van der Waals surface area contributed by atoms with E-state index in [0.29, 0.717) is 19.8 Å². The summed E-state index contributed by atoms with van der Waals surface area (Å²) in [6, 6.07) is 14.0. The fourth-order valence-corrected chi connectivity index (χ4v) is 5.10. The molecular weight excluding hydrogens is 407 g/mol. The second-order valence-corrected chi connectivity index (χ2v) is 9.55. The van der Waals surface area contributed by atoms with Crippen molar-refractivity contribution in [3.8, 4) is 0 Å². The Balaban J connectivity index is 1.79. The first-order valence-corrected chi connectivity index (χ1v) is 11.7. The molecule has 6 nitrogen and oxygen atoms in total. The number of hydrogen-bond donors (Lipinski definition) is 1. The molecule has 1 heterocycles. The second-order valence-electron chi connectivity index (χ2n) is 7.69. The van der Waals surface area contributed by atoms with E-state index in [1.165, 1.54) is 31.2 Å². The summed E-state index contributed by atoms with van der Waals surface area (Å²) in [6.45, 7) is 3.11. The van der Waals surface area contributed by atoms with Crippen LogP contribution in [0.25, 0.3) is 0 Å². The SMILES string of the molecule is CC(C(=O)NCC1(c2ccccc2)CCOCC1)N(c1ccc(F)cc1)S(C)(=O)=O. The lowest BCUT2D eigenvalue weighted by molar-refractivity contribution is -0.122. The van der Waals surface area contributed by atoms with E-state index < -0.39 is 27.8 Å². The van der Waals surface area contributed by atoms with Crippen LogP contribution in [0.3, 0.4) is 0 Å². The number of nitrogens with one attached hydrogen (secondary N) is 1. The van der Waals surface area contributed by atoms with Crippen LogP contribution in [0.2, 0.25) is 0 Å². The van der Waals surface area contributed by atoms with Gasteiger partial charge in [-0.3, -0.25) is 9.10 Å². The molecule has 1 N–H and O–H groups in total. The predicted molar refractivity (Wildman–Crippen MR) is 114 cm³/mol. The zero-order valence-corrected chi connectivity index (χ0v) is 18.0. The average molecular weight is 435 g/mol. The van der Waals surface area contributed by atoms with Crippen LogP contribution in [-0.4, -0.2) is 46.4 Å². The Bertz CT molecular complexity index is 958. The molecule has 1 atom stereocenters. The predicted octanol–water partition coefficient (Wildman–Crippen LogP) is 2.84. The Morgan fingerprint density at radius 1 is 1.13 bits per heavy atom. The molecule has 0 radical (unpaired) electrons. The molecule has 162 valence electrons. The third kappa shape index (κ3) is 4.99. The maximum Gasteiger partial charge on any atom is 0.243 e. The van der Waals surface area contributed by atoms with Crippen LogP contribution in [0.4, 0.5) is 10.1 Å². The maximum absolute atomic E-state index is 13.3. The van der Waals surface area contributed by atoms with Gasteiger partial charge in [0.05, 0.1) is 11.9 Å². The summed E-state index contributed by atoms with van der Waals surface area (Å²) in [5.41, 5.74) is 1.10. The standard InChI is InChI=1S/C22H27FN2O4S/c1-17(25(30(2,27)28)20-10-8-19(23)9-11-20)21(26)24-16-22(12-14-29-15-13-22)18-6-4-3-5-7-18/h3-11,17H,12-16H2,1-2H3,(H,24,26). The number of carbonyl (C=O) groups is 1. The minimum absolute atomic E-state index is 0.241. The molecule has 0 bridgehead atoms. The quantitative estimate of drug-likeness (QED) is 0.727. The molecule has 1 fully saturated rings. The highest BCUT2D eigenvalue weighted by molar-refractivity contribution is 7.92. The van der Waals surface area contributed by atoms with Gasteiger partial charge < -0.3 is 10.1 Å². The van der Waals surface area contributed by atoms with Crippen molar-refractivity contribution in [3.05, 3.63) is 66.0 Å². The number of halogens is 1. The zero-order chi connectivity index (χ0) is 21.8. The minimum atomic E-state index is -3.76. The van der Waals surface area contributed by atoms with Gasteiger partial charge in [-0.15, -0.1) is 0 Å². The van der Waals surface area contributed by atoms with Crippen LogP contribution in [0.1, 0.15) is 25.3 Å².